The van der Waals surface area contributed by atoms with Crippen molar-refractivity contribution in [2.75, 3.05) is 29.9 Å². The van der Waals surface area contributed by atoms with Crippen LogP contribution in [-0.2, 0) is 19.6 Å². The molecule has 2 aromatic carbocycles. The van der Waals surface area contributed by atoms with Crippen molar-refractivity contribution in [3.8, 4) is 0 Å². The maximum Gasteiger partial charge on any atom is 0.326 e. The molecule has 13 heteroatoms. The molecule has 4 rings (SSSR count). The lowest BCUT2D eigenvalue weighted by Crippen LogP contribution is -2.50. The molecule has 3 N–H and O–H groups in total. The van der Waals surface area contributed by atoms with Crippen molar-refractivity contribution in [3.05, 3.63) is 78.4 Å². The van der Waals surface area contributed by atoms with Crippen molar-refractivity contribution in [1.29, 1.82) is 0 Å². The van der Waals surface area contributed by atoms with Crippen LogP contribution >= 0.6 is 0 Å². The highest BCUT2D eigenvalue weighted by Crippen LogP contribution is 2.25. The summed E-state index contributed by atoms with van der Waals surface area (Å²) < 4.78 is 48.7. The zero-order valence-electron chi connectivity index (χ0n) is 23.7. The maximum absolute atomic E-state index is 15.2. The fourth-order valence-corrected chi connectivity index (χ4v) is 5.68. The van der Waals surface area contributed by atoms with Gasteiger partial charge in [0.2, 0.25) is 16.0 Å². The molecule has 11 nitrogen and oxygen atoms in total. The highest BCUT2D eigenvalue weighted by molar-refractivity contribution is 7.89. The van der Waals surface area contributed by atoms with Gasteiger partial charge in [-0.25, -0.2) is 22.8 Å². The fourth-order valence-electron chi connectivity index (χ4n) is 4.47. The molecule has 1 aliphatic rings. The number of ether oxygens (including phenoxy) is 1. The van der Waals surface area contributed by atoms with Gasteiger partial charge in [0.1, 0.15) is 17.5 Å². The second-order valence-corrected chi connectivity index (χ2v) is 12.6. The lowest BCUT2D eigenvalue weighted by molar-refractivity contribution is -0.156. The van der Waals surface area contributed by atoms with Crippen molar-refractivity contribution < 1.29 is 27.1 Å². The Morgan fingerprint density at radius 2 is 1.81 bits per heavy atom. The summed E-state index contributed by atoms with van der Waals surface area (Å²) in [5.41, 5.74) is -0.517. The first kappa shape index (κ1) is 30.8. The average Bonchev–Trinajstić information content (AvgIpc) is 2.95. The van der Waals surface area contributed by atoms with Crippen molar-refractivity contribution in [2.24, 2.45) is 0 Å². The van der Waals surface area contributed by atoms with Gasteiger partial charge in [0.05, 0.1) is 10.6 Å². The molecule has 0 spiro atoms. The largest absolute Gasteiger partial charge is 0.459 e. The highest BCUT2D eigenvalue weighted by Gasteiger charge is 2.31. The first-order valence-electron chi connectivity index (χ1n) is 13.6. The van der Waals surface area contributed by atoms with E-state index in [1.165, 1.54) is 24.3 Å². The van der Waals surface area contributed by atoms with Crippen LogP contribution in [0, 0.1) is 5.82 Å². The number of aromatic nitrogens is 2. The second kappa shape index (κ2) is 13.3. The van der Waals surface area contributed by atoms with Crippen molar-refractivity contribution >= 4 is 33.5 Å². The summed E-state index contributed by atoms with van der Waals surface area (Å²) in [6.07, 6.45) is 5.00. The standard InChI is InChI=1S/C29H35FN6O5S/c1-29(2,3)41-27(38)24(35-42(39,40)22-10-5-4-6-11-22)18-33-26(37)20-12-13-25(23(30)17-20)36-16-7-9-21(19-36)34-28-31-14-8-15-32-28/h4-6,8,10-15,17,21,24,35H,7,9,16,18-19H2,1-3H3,(H,33,37)(H,31,32,34). The molecule has 1 aliphatic heterocycles. The Bertz CT molecular complexity index is 1490. The summed E-state index contributed by atoms with van der Waals surface area (Å²) in [5, 5.41) is 5.80. The van der Waals surface area contributed by atoms with Crippen molar-refractivity contribution in [1.82, 2.24) is 20.0 Å². The average molecular weight is 599 g/mol. The first-order chi connectivity index (χ1) is 19.9. The number of nitrogens with zero attached hydrogens (tertiary/aromatic N) is 3. The normalized spacial score (nSPS) is 16.4. The van der Waals surface area contributed by atoms with Gasteiger partial charge in [-0.1, -0.05) is 18.2 Å². The Kier molecular flexibility index (Phi) is 9.74. The van der Waals surface area contributed by atoms with Crippen LogP contribution in [0.2, 0.25) is 0 Å². The van der Waals surface area contributed by atoms with Gasteiger partial charge in [0, 0.05) is 43.6 Å². The Labute approximate surface area is 244 Å². The lowest BCUT2D eigenvalue weighted by atomic mass is 10.0. The van der Waals surface area contributed by atoms with E-state index in [1.807, 2.05) is 4.90 Å². The molecule has 0 radical (unpaired) electrons. The van der Waals surface area contributed by atoms with Gasteiger partial charge in [-0.3, -0.25) is 9.59 Å². The van der Waals surface area contributed by atoms with Crippen LogP contribution in [0.15, 0.2) is 71.9 Å². The number of esters is 1. The Morgan fingerprint density at radius 3 is 2.48 bits per heavy atom. The van der Waals surface area contributed by atoms with E-state index in [2.05, 4.69) is 25.3 Å². The van der Waals surface area contributed by atoms with E-state index in [4.69, 9.17) is 4.74 Å². The first-order valence-corrected chi connectivity index (χ1v) is 15.1. The van der Waals surface area contributed by atoms with Crippen molar-refractivity contribution in [2.45, 2.75) is 56.2 Å². The predicted molar refractivity (Wildman–Crippen MR) is 156 cm³/mol. The number of sulfonamides is 1. The topological polar surface area (TPSA) is 143 Å². The monoisotopic (exact) mass is 598 g/mol. The number of benzene rings is 2. The zero-order valence-corrected chi connectivity index (χ0v) is 24.5. The molecule has 0 bridgehead atoms. The Morgan fingerprint density at radius 1 is 1.10 bits per heavy atom. The van der Waals surface area contributed by atoms with E-state index in [-0.39, 0.29) is 16.5 Å². The summed E-state index contributed by atoms with van der Waals surface area (Å²) in [4.78, 5) is 36.0. The van der Waals surface area contributed by atoms with E-state index in [0.717, 1.165) is 18.9 Å². The third-order valence-corrected chi connectivity index (χ3v) is 7.87. The minimum absolute atomic E-state index is 0.0213. The number of carbonyl (C=O) groups is 2. The van der Waals surface area contributed by atoms with Gasteiger partial charge >= 0.3 is 5.97 Å². The quantitative estimate of drug-likeness (QED) is 0.300. The van der Waals surface area contributed by atoms with Gasteiger partial charge in [0.15, 0.2) is 0 Å². The molecule has 0 aliphatic carbocycles. The summed E-state index contributed by atoms with van der Waals surface area (Å²) in [5.74, 6) is -1.61. The Hall–Kier alpha value is -4.10. The third kappa shape index (κ3) is 8.46. The molecule has 1 aromatic heterocycles. The number of amides is 1. The van der Waals surface area contributed by atoms with E-state index in [1.54, 1.807) is 57.4 Å². The lowest BCUT2D eigenvalue weighted by Gasteiger charge is -2.35. The maximum atomic E-state index is 15.2. The number of nitrogens with one attached hydrogen (secondary N) is 3. The summed E-state index contributed by atoms with van der Waals surface area (Å²) in [6.45, 7) is 5.70. The second-order valence-electron chi connectivity index (χ2n) is 10.9. The van der Waals surface area contributed by atoms with Crippen LogP contribution in [0.4, 0.5) is 16.0 Å². The third-order valence-electron chi connectivity index (χ3n) is 6.38. The molecule has 42 heavy (non-hydrogen) atoms. The van der Waals surface area contributed by atoms with E-state index < -0.39 is 45.9 Å². The fraction of sp³-hybridized carbons (Fsp3) is 0.379. The number of piperidine rings is 1. The van der Waals surface area contributed by atoms with E-state index in [9.17, 15) is 18.0 Å². The zero-order chi connectivity index (χ0) is 30.3. The summed E-state index contributed by atoms with van der Waals surface area (Å²) in [7, 11) is -4.10. The number of hydrogen-bond donors (Lipinski definition) is 3. The smallest absolute Gasteiger partial charge is 0.326 e. The minimum Gasteiger partial charge on any atom is -0.459 e. The molecule has 1 fully saturated rings. The molecule has 2 atom stereocenters. The van der Waals surface area contributed by atoms with Crippen LogP contribution < -0.4 is 20.3 Å². The molecule has 1 amide bonds. The van der Waals surface area contributed by atoms with Gasteiger partial charge in [-0.15, -0.1) is 0 Å². The molecule has 2 unspecified atom stereocenters. The van der Waals surface area contributed by atoms with Crippen LogP contribution in [0.3, 0.4) is 0 Å². The van der Waals surface area contributed by atoms with Gasteiger partial charge in [0.25, 0.3) is 5.91 Å². The van der Waals surface area contributed by atoms with Gasteiger partial charge in [-0.05, 0) is 70.0 Å². The number of halogens is 1. The van der Waals surface area contributed by atoms with Crippen LogP contribution in [0.5, 0.6) is 0 Å². The molecular weight excluding hydrogens is 563 g/mol. The van der Waals surface area contributed by atoms with Gasteiger partial charge < -0.3 is 20.3 Å². The van der Waals surface area contributed by atoms with Crippen LogP contribution in [0.25, 0.3) is 0 Å². The predicted octanol–water partition coefficient (Wildman–Crippen LogP) is 3.12. The van der Waals surface area contributed by atoms with E-state index >= 15 is 4.39 Å². The van der Waals surface area contributed by atoms with Crippen molar-refractivity contribution in [3.63, 3.8) is 0 Å². The molecule has 224 valence electrons. The SMILES string of the molecule is CC(C)(C)OC(=O)C(CNC(=O)c1ccc(N2CCCC(Nc3ncccn3)C2)c(F)c1)NS(=O)(=O)c1ccccc1. The molecule has 1 saturated heterocycles. The van der Waals surface area contributed by atoms with E-state index in [0.29, 0.717) is 24.7 Å². The minimum atomic E-state index is -4.10. The summed E-state index contributed by atoms with van der Waals surface area (Å²) in [6, 6.07) is 12.0. The number of rotatable bonds is 10. The summed E-state index contributed by atoms with van der Waals surface area (Å²) >= 11 is 0. The number of anilines is 2. The van der Waals surface area contributed by atoms with Crippen LogP contribution in [0.1, 0.15) is 44.0 Å². The number of carbonyl (C=O) groups excluding carboxylic acids is 2. The molecular formula is C29H35FN6O5S. The highest BCUT2D eigenvalue weighted by atomic mass is 32.2. The molecule has 3 aromatic rings. The van der Waals surface area contributed by atoms with Crippen LogP contribution in [-0.4, -0.2) is 67.6 Å². The molecule has 2 heterocycles. The van der Waals surface area contributed by atoms with Gasteiger partial charge in [-0.2, -0.15) is 4.72 Å². The molecule has 0 saturated carbocycles. The Balaban J connectivity index is 1.42. The number of hydrogen-bond acceptors (Lipinski definition) is 9.